The van der Waals surface area contributed by atoms with E-state index in [2.05, 4.69) is 36.4 Å². The molecule has 4 nitrogen and oxygen atoms in total. The van der Waals surface area contributed by atoms with E-state index < -0.39 is 24.1 Å². The number of hydrogen-bond acceptors (Lipinski definition) is 4. The average molecular weight is 471 g/mol. The summed E-state index contributed by atoms with van der Waals surface area (Å²) in [6, 6.07) is 34.2. The fourth-order valence-corrected chi connectivity index (χ4v) is 4.71. The van der Waals surface area contributed by atoms with E-state index in [1.165, 1.54) is 0 Å². The Hall–Kier alpha value is -4.70. The number of benzene rings is 5. The summed E-state index contributed by atoms with van der Waals surface area (Å²) < 4.78 is 11.9. The van der Waals surface area contributed by atoms with Crippen molar-refractivity contribution < 1.29 is 19.1 Å². The van der Waals surface area contributed by atoms with E-state index >= 15 is 0 Å². The molecule has 0 aliphatic heterocycles. The zero-order valence-corrected chi connectivity index (χ0v) is 19.3. The highest BCUT2D eigenvalue weighted by atomic mass is 16.6. The second kappa shape index (κ2) is 9.16. The summed E-state index contributed by atoms with van der Waals surface area (Å²) in [5, 5.41) is 4.38. The van der Waals surface area contributed by atoms with E-state index in [9.17, 15) is 9.59 Å². The van der Waals surface area contributed by atoms with Gasteiger partial charge in [0.2, 0.25) is 0 Å². The number of rotatable bonds is 4. The van der Waals surface area contributed by atoms with E-state index in [4.69, 9.17) is 9.47 Å². The third-order valence-corrected chi connectivity index (χ3v) is 6.52. The van der Waals surface area contributed by atoms with Gasteiger partial charge in [0.15, 0.2) is 12.2 Å². The Morgan fingerprint density at radius 2 is 1.19 bits per heavy atom. The van der Waals surface area contributed by atoms with Crippen LogP contribution in [0.25, 0.3) is 27.6 Å². The Labute approximate surface area is 208 Å². The molecular formula is C32H22O4. The lowest BCUT2D eigenvalue weighted by Gasteiger charge is -2.30. The predicted molar refractivity (Wildman–Crippen MR) is 141 cm³/mol. The number of fused-ring (bicyclic) bond motifs is 4. The van der Waals surface area contributed by atoms with Crippen LogP contribution in [-0.4, -0.2) is 18.0 Å². The Morgan fingerprint density at radius 1 is 0.583 bits per heavy atom. The molecule has 0 aromatic heterocycles. The Bertz CT molecular complexity index is 1620. The summed E-state index contributed by atoms with van der Waals surface area (Å²) >= 11 is 0. The summed E-state index contributed by atoms with van der Waals surface area (Å²) in [6.07, 6.45) is 2.15. The molecule has 4 heteroatoms. The zero-order valence-electron chi connectivity index (χ0n) is 19.3. The van der Waals surface area contributed by atoms with Crippen LogP contribution in [0.15, 0.2) is 115 Å². The molecule has 0 spiro atoms. The molecule has 174 valence electrons. The molecule has 0 bridgehead atoms. The smallest absolute Gasteiger partial charge is 0.338 e. The standard InChI is InChI=1S/C32H22O4/c33-31(22-10-3-1-4-11-22)35-29-18-17-25-19-24-16-15-21-9-7-8-14-26(21)27(24)20-28(25)30(29)36-32(34)23-12-5-2-6-13-23/h1-20,29-30H/t29-,30+/m0/s1. The van der Waals surface area contributed by atoms with Crippen LogP contribution in [0.1, 0.15) is 37.9 Å². The quantitative estimate of drug-likeness (QED) is 0.207. The van der Waals surface area contributed by atoms with Gasteiger partial charge in [-0.3, -0.25) is 0 Å². The summed E-state index contributed by atoms with van der Waals surface area (Å²) in [5.41, 5.74) is 2.61. The summed E-state index contributed by atoms with van der Waals surface area (Å²) in [6.45, 7) is 0. The van der Waals surface area contributed by atoms with Gasteiger partial charge in [0.25, 0.3) is 0 Å². The normalized spacial score (nSPS) is 16.4. The van der Waals surface area contributed by atoms with Gasteiger partial charge in [-0.05, 0) is 69.6 Å². The number of carbonyl (C=O) groups is 2. The fraction of sp³-hybridized carbons (Fsp3) is 0.0625. The maximum Gasteiger partial charge on any atom is 0.338 e. The lowest BCUT2D eigenvalue weighted by Crippen LogP contribution is -2.30. The fourth-order valence-electron chi connectivity index (χ4n) is 4.71. The van der Waals surface area contributed by atoms with Crippen LogP contribution in [0.5, 0.6) is 0 Å². The first-order valence-electron chi connectivity index (χ1n) is 11.8. The van der Waals surface area contributed by atoms with Crippen LogP contribution in [-0.2, 0) is 9.47 Å². The topological polar surface area (TPSA) is 52.6 Å². The van der Waals surface area contributed by atoms with E-state index in [1.54, 1.807) is 54.6 Å². The molecule has 0 unspecified atom stereocenters. The summed E-state index contributed by atoms with van der Waals surface area (Å²) in [4.78, 5) is 26.0. The number of hydrogen-bond donors (Lipinski definition) is 0. The summed E-state index contributed by atoms with van der Waals surface area (Å²) in [7, 11) is 0. The Kier molecular flexibility index (Phi) is 5.55. The molecule has 1 aliphatic carbocycles. The van der Waals surface area contributed by atoms with E-state index in [1.807, 2.05) is 30.3 Å². The van der Waals surface area contributed by atoms with E-state index in [0.717, 1.165) is 32.7 Å². The molecule has 5 aromatic rings. The Balaban J connectivity index is 1.44. The molecule has 0 saturated heterocycles. The van der Waals surface area contributed by atoms with Gasteiger partial charge >= 0.3 is 11.9 Å². The molecule has 5 aromatic carbocycles. The predicted octanol–water partition coefficient (Wildman–Crippen LogP) is 7.14. The van der Waals surface area contributed by atoms with Crippen molar-refractivity contribution in [2.45, 2.75) is 12.2 Å². The van der Waals surface area contributed by atoms with E-state index in [-0.39, 0.29) is 0 Å². The Morgan fingerprint density at radius 3 is 1.92 bits per heavy atom. The van der Waals surface area contributed by atoms with Gasteiger partial charge in [0, 0.05) is 5.56 Å². The van der Waals surface area contributed by atoms with Crippen LogP contribution >= 0.6 is 0 Å². The van der Waals surface area contributed by atoms with Crippen molar-refractivity contribution in [3.63, 3.8) is 0 Å². The molecule has 0 radical (unpaired) electrons. The van der Waals surface area contributed by atoms with Gasteiger partial charge in [-0.15, -0.1) is 0 Å². The van der Waals surface area contributed by atoms with Crippen molar-refractivity contribution >= 4 is 39.6 Å². The monoisotopic (exact) mass is 470 g/mol. The zero-order chi connectivity index (χ0) is 24.5. The van der Waals surface area contributed by atoms with Gasteiger partial charge in [-0.2, -0.15) is 0 Å². The highest BCUT2D eigenvalue weighted by molar-refractivity contribution is 6.08. The number of carbonyl (C=O) groups excluding carboxylic acids is 2. The van der Waals surface area contributed by atoms with Crippen molar-refractivity contribution in [1.29, 1.82) is 0 Å². The molecule has 0 heterocycles. The van der Waals surface area contributed by atoms with Crippen molar-refractivity contribution in [1.82, 2.24) is 0 Å². The van der Waals surface area contributed by atoms with Gasteiger partial charge in [0.1, 0.15) is 0 Å². The molecule has 2 atom stereocenters. The highest BCUT2D eigenvalue weighted by Crippen LogP contribution is 2.38. The van der Waals surface area contributed by atoms with Gasteiger partial charge in [-0.25, -0.2) is 9.59 Å². The van der Waals surface area contributed by atoms with E-state index in [0.29, 0.717) is 11.1 Å². The first-order valence-corrected chi connectivity index (χ1v) is 11.8. The van der Waals surface area contributed by atoms with Crippen LogP contribution in [0.4, 0.5) is 0 Å². The van der Waals surface area contributed by atoms with Gasteiger partial charge < -0.3 is 9.47 Å². The van der Waals surface area contributed by atoms with Crippen molar-refractivity contribution in [2.75, 3.05) is 0 Å². The second-order valence-corrected chi connectivity index (χ2v) is 8.78. The van der Waals surface area contributed by atoms with Crippen LogP contribution < -0.4 is 0 Å². The van der Waals surface area contributed by atoms with Crippen molar-refractivity contribution in [3.8, 4) is 0 Å². The third-order valence-electron chi connectivity index (χ3n) is 6.52. The maximum absolute atomic E-state index is 13.1. The number of esters is 2. The second-order valence-electron chi connectivity index (χ2n) is 8.78. The largest absolute Gasteiger partial charge is 0.450 e. The molecule has 1 aliphatic rings. The number of ether oxygens (including phenoxy) is 2. The van der Waals surface area contributed by atoms with Crippen molar-refractivity contribution in [2.24, 2.45) is 0 Å². The van der Waals surface area contributed by atoms with Crippen LogP contribution in [0, 0.1) is 0 Å². The van der Waals surface area contributed by atoms with Crippen LogP contribution in [0.3, 0.4) is 0 Å². The molecule has 6 rings (SSSR count). The molecule has 0 amide bonds. The van der Waals surface area contributed by atoms with Gasteiger partial charge in [-0.1, -0.05) is 78.9 Å². The maximum atomic E-state index is 13.1. The first-order chi connectivity index (χ1) is 17.7. The van der Waals surface area contributed by atoms with Crippen molar-refractivity contribution in [3.05, 3.63) is 138 Å². The molecule has 36 heavy (non-hydrogen) atoms. The summed E-state index contributed by atoms with van der Waals surface area (Å²) in [5.74, 6) is -0.943. The molecule has 0 N–H and O–H groups in total. The minimum atomic E-state index is -0.797. The lowest BCUT2D eigenvalue weighted by atomic mass is 9.88. The third kappa shape index (κ3) is 4.03. The first kappa shape index (κ1) is 21.8. The minimum Gasteiger partial charge on any atom is -0.450 e. The average Bonchev–Trinajstić information content (AvgIpc) is 2.94. The molecule has 0 fully saturated rings. The minimum absolute atomic E-state index is 0.438. The van der Waals surface area contributed by atoms with Gasteiger partial charge in [0.05, 0.1) is 11.1 Å². The lowest BCUT2D eigenvalue weighted by molar-refractivity contribution is -0.0228. The molecular weight excluding hydrogens is 448 g/mol. The SMILES string of the molecule is O=C(O[C@H]1C=Cc2cc3ccc4ccccc4c3cc2[C@H]1OC(=O)c1ccccc1)c1ccccc1. The molecule has 0 saturated carbocycles. The highest BCUT2D eigenvalue weighted by Gasteiger charge is 2.33. The van der Waals surface area contributed by atoms with Crippen LogP contribution in [0.2, 0.25) is 0 Å².